The van der Waals surface area contributed by atoms with Gasteiger partial charge in [0.05, 0.1) is 18.3 Å². The van der Waals surface area contributed by atoms with Gasteiger partial charge in [0.2, 0.25) is 5.91 Å². The van der Waals surface area contributed by atoms with Crippen LogP contribution in [0.3, 0.4) is 0 Å². The van der Waals surface area contributed by atoms with E-state index in [0.717, 1.165) is 19.3 Å². The molecule has 2 aromatic carbocycles. The fourth-order valence-electron chi connectivity index (χ4n) is 3.49. The van der Waals surface area contributed by atoms with Crippen molar-refractivity contribution in [1.29, 1.82) is 0 Å². The van der Waals surface area contributed by atoms with Gasteiger partial charge in [-0.25, -0.2) is 10.2 Å². The second kappa shape index (κ2) is 17.3. The number of nitrogens with zero attached hydrogens (tertiary/aromatic N) is 1. The average molecular weight is 514 g/mol. The van der Waals surface area contributed by atoms with Crippen LogP contribution in [0.15, 0.2) is 53.6 Å². The lowest BCUT2D eigenvalue weighted by molar-refractivity contribution is -0.126. The molecular weight excluding hydrogens is 478 g/mol. The van der Waals surface area contributed by atoms with E-state index in [1.807, 2.05) is 0 Å². The number of carbonyl (C=O) groups is 3. The Labute approximate surface area is 218 Å². The van der Waals surface area contributed by atoms with Crippen molar-refractivity contribution in [3.05, 3.63) is 64.7 Å². The highest BCUT2D eigenvalue weighted by molar-refractivity contribution is 6.30. The second-order valence-electron chi connectivity index (χ2n) is 8.62. The molecule has 2 amide bonds. The van der Waals surface area contributed by atoms with E-state index in [2.05, 4.69) is 22.8 Å². The summed E-state index contributed by atoms with van der Waals surface area (Å²) < 4.78 is 5.32. The molecule has 0 radical (unpaired) electrons. The number of halogens is 1. The number of hydrogen-bond acceptors (Lipinski definition) is 5. The molecule has 2 rings (SSSR count). The molecular formula is C28H36ClN3O4. The summed E-state index contributed by atoms with van der Waals surface area (Å²) in [6.45, 7) is 2.10. The summed E-state index contributed by atoms with van der Waals surface area (Å²) in [5, 5.41) is 6.96. The standard InChI is InChI=1S/C28H36ClN3O4/c1-2-3-4-5-6-7-8-9-10-14-26(33)30-21-27(34)32-31-20-22-15-17-25(18-16-22)36-28(35)23-12-11-13-24(29)19-23/h11-13,15-20H,2-10,14,21H2,1H3,(H,30,33)(H,32,34)/b31-20+. The highest BCUT2D eigenvalue weighted by Gasteiger charge is 2.09. The van der Waals surface area contributed by atoms with E-state index in [4.69, 9.17) is 16.3 Å². The number of hydrazone groups is 1. The minimum Gasteiger partial charge on any atom is -0.423 e. The molecule has 0 atom stereocenters. The van der Waals surface area contributed by atoms with E-state index in [1.54, 1.807) is 42.5 Å². The smallest absolute Gasteiger partial charge is 0.343 e. The molecule has 0 aliphatic rings. The minimum atomic E-state index is -0.508. The zero-order valence-corrected chi connectivity index (χ0v) is 21.7. The van der Waals surface area contributed by atoms with E-state index in [0.29, 0.717) is 28.3 Å². The Morgan fingerprint density at radius 3 is 2.22 bits per heavy atom. The van der Waals surface area contributed by atoms with Crippen LogP contribution in [-0.4, -0.2) is 30.5 Å². The molecule has 7 nitrogen and oxygen atoms in total. The number of rotatable bonds is 16. The molecule has 0 unspecified atom stereocenters. The number of nitrogens with one attached hydrogen (secondary N) is 2. The number of carbonyl (C=O) groups excluding carboxylic acids is 3. The molecule has 0 aliphatic carbocycles. The van der Waals surface area contributed by atoms with Crippen molar-refractivity contribution >= 4 is 35.6 Å². The highest BCUT2D eigenvalue weighted by Crippen LogP contribution is 2.16. The van der Waals surface area contributed by atoms with Crippen LogP contribution in [0.1, 0.15) is 87.1 Å². The number of esters is 1. The van der Waals surface area contributed by atoms with Gasteiger partial charge in [0, 0.05) is 11.4 Å². The number of amides is 2. The van der Waals surface area contributed by atoms with E-state index in [-0.39, 0.29) is 12.5 Å². The van der Waals surface area contributed by atoms with E-state index < -0.39 is 11.9 Å². The third-order valence-electron chi connectivity index (χ3n) is 5.51. The topological polar surface area (TPSA) is 96.9 Å². The molecule has 2 aromatic rings. The Hall–Kier alpha value is -3.19. The monoisotopic (exact) mass is 513 g/mol. The van der Waals surface area contributed by atoms with Crippen LogP contribution in [0.5, 0.6) is 5.75 Å². The van der Waals surface area contributed by atoms with Crippen molar-refractivity contribution in [1.82, 2.24) is 10.7 Å². The Balaban J connectivity index is 1.58. The van der Waals surface area contributed by atoms with Gasteiger partial charge in [-0.1, -0.05) is 76.0 Å². The van der Waals surface area contributed by atoms with Gasteiger partial charge >= 0.3 is 5.97 Å². The predicted molar refractivity (Wildman–Crippen MR) is 143 cm³/mol. The normalized spacial score (nSPS) is 10.8. The lowest BCUT2D eigenvalue weighted by atomic mass is 10.1. The molecule has 0 saturated carbocycles. The van der Waals surface area contributed by atoms with Gasteiger partial charge in [0.1, 0.15) is 5.75 Å². The van der Waals surface area contributed by atoms with Crippen molar-refractivity contribution in [2.75, 3.05) is 6.54 Å². The van der Waals surface area contributed by atoms with Crippen LogP contribution >= 0.6 is 11.6 Å². The van der Waals surface area contributed by atoms with Gasteiger partial charge in [0.15, 0.2) is 0 Å². The first-order valence-corrected chi connectivity index (χ1v) is 13.0. The molecule has 0 heterocycles. The second-order valence-corrected chi connectivity index (χ2v) is 9.05. The summed E-state index contributed by atoms with van der Waals surface area (Å²) in [4.78, 5) is 35.9. The van der Waals surface area contributed by atoms with Crippen LogP contribution in [0, 0.1) is 0 Å². The zero-order valence-electron chi connectivity index (χ0n) is 20.9. The molecule has 0 aliphatic heterocycles. The van der Waals surface area contributed by atoms with Crippen molar-refractivity contribution in [3.8, 4) is 5.75 Å². The summed E-state index contributed by atoms with van der Waals surface area (Å²) in [6.07, 6.45) is 12.6. The zero-order chi connectivity index (χ0) is 26.0. The SMILES string of the molecule is CCCCCCCCCCCC(=O)NCC(=O)N/N=C/c1ccc(OC(=O)c2cccc(Cl)c2)cc1. The number of benzene rings is 2. The summed E-state index contributed by atoms with van der Waals surface area (Å²) in [7, 11) is 0. The van der Waals surface area contributed by atoms with Gasteiger partial charge in [-0.15, -0.1) is 0 Å². The van der Waals surface area contributed by atoms with Gasteiger partial charge in [0.25, 0.3) is 5.91 Å². The quantitative estimate of drug-likeness (QED) is 0.0938. The predicted octanol–water partition coefficient (Wildman–Crippen LogP) is 6.05. The number of unbranched alkanes of at least 4 members (excludes halogenated alkanes) is 8. The van der Waals surface area contributed by atoms with E-state index >= 15 is 0 Å². The van der Waals surface area contributed by atoms with Crippen molar-refractivity contribution in [2.24, 2.45) is 5.10 Å². The summed E-state index contributed by atoms with van der Waals surface area (Å²) >= 11 is 5.90. The fourth-order valence-corrected chi connectivity index (χ4v) is 3.68. The molecule has 194 valence electrons. The first-order chi connectivity index (χ1) is 17.5. The molecule has 0 bridgehead atoms. The molecule has 0 fully saturated rings. The maximum absolute atomic E-state index is 12.2. The van der Waals surface area contributed by atoms with E-state index in [1.165, 1.54) is 50.8 Å². The highest BCUT2D eigenvalue weighted by atomic mass is 35.5. The first-order valence-electron chi connectivity index (χ1n) is 12.6. The largest absolute Gasteiger partial charge is 0.423 e. The van der Waals surface area contributed by atoms with Crippen molar-refractivity contribution in [3.63, 3.8) is 0 Å². The minimum absolute atomic E-state index is 0.119. The molecule has 36 heavy (non-hydrogen) atoms. The first kappa shape index (κ1) is 29.0. The van der Waals surface area contributed by atoms with Crippen LogP contribution in [0.4, 0.5) is 0 Å². The maximum Gasteiger partial charge on any atom is 0.343 e. The number of hydrogen-bond donors (Lipinski definition) is 2. The van der Waals surface area contributed by atoms with Gasteiger partial charge in [-0.3, -0.25) is 9.59 Å². The average Bonchev–Trinajstić information content (AvgIpc) is 2.87. The van der Waals surface area contributed by atoms with Crippen LogP contribution in [0.25, 0.3) is 0 Å². The lowest BCUT2D eigenvalue weighted by Gasteiger charge is -2.05. The van der Waals surface area contributed by atoms with Crippen LogP contribution in [0.2, 0.25) is 5.02 Å². The third-order valence-corrected chi connectivity index (χ3v) is 5.74. The Bertz CT molecular complexity index is 993. The van der Waals surface area contributed by atoms with Gasteiger partial charge in [-0.05, 0) is 54.4 Å². The molecule has 0 saturated heterocycles. The summed E-state index contributed by atoms with van der Waals surface area (Å²) in [5.41, 5.74) is 3.44. The lowest BCUT2D eigenvalue weighted by Crippen LogP contribution is -2.34. The van der Waals surface area contributed by atoms with Crippen molar-refractivity contribution in [2.45, 2.75) is 71.1 Å². The Morgan fingerprint density at radius 1 is 0.889 bits per heavy atom. The third kappa shape index (κ3) is 12.5. The Morgan fingerprint density at radius 2 is 1.56 bits per heavy atom. The molecule has 0 aromatic heterocycles. The Kier molecular flexibility index (Phi) is 13.9. The summed E-state index contributed by atoms with van der Waals surface area (Å²) in [5.74, 6) is -0.666. The fraction of sp³-hybridized carbons (Fsp3) is 0.429. The molecule has 2 N–H and O–H groups in total. The summed E-state index contributed by atoms with van der Waals surface area (Å²) in [6, 6.07) is 13.2. The van der Waals surface area contributed by atoms with Crippen molar-refractivity contribution < 1.29 is 19.1 Å². The van der Waals surface area contributed by atoms with Crippen LogP contribution < -0.4 is 15.5 Å². The van der Waals surface area contributed by atoms with Gasteiger partial charge < -0.3 is 10.1 Å². The van der Waals surface area contributed by atoms with Gasteiger partial charge in [-0.2, -0.15) is 5.10 Å². The number of ether oxygens (including phenoxy) is 1. The van der Waals surface area contributed by atoms with Crippen LogP contribution in [-0.2, 0) is 9.59 Å². The molecule has 8 heteroatoms. The molecule has 0 spiro atoms. The van der Waals surface area contributed by atoms with E-state index in [9.17, 15) is 14.4 Å². The maximum atomic E-state index is 12.2.